The van der Waals surface area contributed by atoms with Gasteiger partial charge < -0.3 is 24.8 Å². The van der Waals surface area contributed by atoms with Gasteiger partial charge >= 0.3 is 0 Å². The van der Waals surface area contributed by atoms with Crippen LogP contribution in [-0.2, 0) is 11.3 Å². The third-order valence-corrected chi connectivity index (χ3v) is 6.71. The van der Waals surface area contributed by atoms with Crippen molar-refractivity contribution >= 4 is 40.6 Å². The lowest BCUT2D eigenvalue weighted by Gasteiger charge is -2.36. The van der Waals surface area contributed by atoms with E-state index in [1.165, 1.54) is 0 Å². The maximum atomic E-state index is 12.9. The van der Waals surface area contributed by atoms with Crippen LogP contribution in [0.15, 0.2) is 18.2 Å². The fraction of sp³-hybridized carbons (Fsp3) is 0.524. The van der Waals surface area contributed by atoms with Crippen LogP contribution in [-0.4, -0.2) is 80.1 Å². The minimum absolute atomic E-state index is 0.0578. The van der Waals surface area contributed by atoms with Gasteiger partial charge in [-0.05, 0) is 19.1 Å². The van der Waals surface area contributed by atoms with Gasteiger partial charge in [0.05, 0.1) is 17.8 Å². The second-order valence-corrected chi connectivity index (χ2v) is 8.59. The van der Waals surface area contributed by atoms with Crippen LogP contribution in [0.5, 0.6) is 5.75 Å². The molecule has 0 aliphatic carbocycles. The number of carbonyl (C=O) groups excluding carboxylic acids is 1. The van der Waals surface area contributed by atoms with E-state index in [0.29, 0.717) is 28.9 Å². The monoisotopic (exact) mass is 466 g/mol. The maximum Gasteiger partial charge on any atom is 0.244 e. The zero-order valence-electron chi connectivity index (χ0n) is 17.9. The average molecular weight is 467 g/mol. The number of methoxy groups -OCH3 is 1. The highest BCUT2D eigenvalue weighted by atomic mass is 35.5. The van der Waals surface area contributed by atoms with Gasteiger partial charge in [-0.2, -0.15) is 5.10 Å². The lowest BCUT2D eigenvalue weighted by Crippen LogP contribution is -2.49. The van der Waals surface area contributed by atoms with Crippen molar-refractivity contribution in [2.45, 2.75) is 13.5 Å². The number of ether oxygens (including phenoxy) is 1. The average Bonchev–Trinajstić information content (AvgIpc) is 3.08. The molecule has 4 rings (SSSR count). The number of anilines is 2. The molecule has 0 radical (unpaired) electrons. The van der Waals surface area contributed by atoms with Gasteiger partial charge in [-0.25, -0.2) is 0 Å². The van der Waals surface area contributed by atoms with E-state index in [2.05, 4.69) is 20.2 Å². The number of benzene rings is 1. The summed E-state index contributed by atoms with van der Waals surface area (Å²) in [6.07, 6.45) is 0. The Morgan fingerprint density at radius 2 is 1.81 bits per heavy atom. The fourth-order valence-electron chi connectivity index (χ4n) is 4.03. The number of nitrogens with one attached hydrogen (secondary N) is 1. The zero-order chi connectivity index (χ0) is 22.0. The van der Waals surface area contributed by atoms with Crippen molar-refractivity contribution in [3.05, 3.63) is 33.9 Å². The quantitative estimate of drug-likeness (QED) is 0.728. The van der Waals surface area contributed by atoms with Gasteiger partial charge in [-0.1, -0.05) is 23.2 Å². The largest absolute Gasteiger partial charge is 0.495 e. The summed E-state index contributed by atoms with van der Waals surface area (Å²) in [5.74, 6) is 1.49. The van der Waals surface area contributed by atoms with E-state index in [1.807, 2.05) is 30.0 Å². The molecule has 10 heteroatoms. The molecule has 8 nitrogen and oxygen atoms in total. The number of piperazine rings is 2. The molecule has 2 saturated heterocycles. The second kappa shape index (κ2) is 9.54. The predicted octanol–water partition coefficient (Wildman–Crippen LogP) is 2.27. The summed E-state index contributed by atoms with van der Waals surface area (Å²) in [5, 5.41) is 9.21. The van der Waals surface area contributed by atoms with E-state index in [1.54, 1.807) is 11.8 Å². The van der Waals surface area contributed by atoms with E-state index < -0.39 is 0 Å². The summed E-state index contributed by atoms with van der Waals surface area (Å²) >= 11 is 12.7. The summed E-state index contributed by atoms with van der Waals surface area (Å²) in [6, 6.07) is 5.76. The Bertz CT molecular complexity index is 936. The first-order chi connectivity index (χ1) is 15.0. The maximum absolute atomic E-state index is 12.9. The Kier molecular flexibility index (Phi) is 6.79. The predicted molar refractivity (Wildman–Crippen MR) is 124 cm³/mol. The number of rotatable bonds is 5. The Labute approximate surface area is 192 Å². The molecule has 2 aliphatic rings. The standard InChI is InChI=1S/C21H28Cl2N6O2/c1-15-20(23)21(28-7-5-24-6-8-28)25-29(15)14-19(30)27-11-9-26(10-12-27)16-3-4-17(22)18(13-16)31-2/h3-4,13,24H,5-12,14H2,1-2H3. The van der Waals surface area contributed by atoms with Crippen molar-refractivity contribution in [1.82, 2.24) is 20.0 Å². The third kappa shape index (κ3) is 4.71. The van der Waals surface area contributed by atoms with Crippen molar-refractivity contribution in [3.63, 3.8) is 0 Å². The van der Waals surface area contributed by atoms with Crippen molar-refractivity contribution in [2.24, 2.45) is 0 Å². The Morgan fingerprint density at radius 1 is 1.10 bits per heavy atom. The lowest BCUT2D eigenvalue weighted by atomic mass is 10.2. The minimum Gasteiger partial charge on any atom is -0.495 e. The van der Waals surface area contributed by atoms with Gasteiger partial charge in [0.25, 0.3) is 0 Å². The van der Waals surface area contributed by atoms with Crippen LogP contribution in [0, 0.1) is 6.92 Å². The van der Waals surface area contributed by atoms with E-state index in [-0.39, 0.29) is 12.5 Å². The Morgan fingerprint density at radius 3 is 2.48 bits per heavy atom. The number of hydrogen-bond acceptors (Lipinski definition) is 6. The highest BCUT2D eigenvalue weighted by molar-refractivity contribution is 6.33. The molecule has 0 saturated carbocycles. The Hall–Kier alpha value is -2.16. The van der Waals surface area contributed by atoms with Crippen LogP contribution in [0.3, 0.4) is 0 Å². The number of carbonyl (C=O) groups is 1. The number of hydrogen-bond donors (Lipinski definition) is 1. The van der Waals surface area contributed by atoms with Gasteiger partial charge in [0.1, 0.15) is 17.3 Å². The van der Waals surface area contributed by atoms with Crippen molar-refractivity contribution in [3.8, 4) is 5.75 Å². The van der Waals surface area contributed by atoms with Crippen LogP contribution in [0.2, 0.25) is 10.0 Å². The van der Waals surface area contributed by atoms with E-state index in [4.69, 9.17) is 27.9 Å². The summed E-state index contributed by atoms with van der Waals surface area (Å²) in [7, 11) is 1.61. The van der Waals surface area contributed by atoms with Crippen molar-refractivity contribution in [1.29, 1.82) is 0 Å². The molecule has 1 aromatic heterocycles. The molecule has 31 heavy (non-hydrogen) atoms. The SMILES string of the molecule is COc1cc(N2CCN(C(=O)Cn3nc(N4CCNCC4)c(Cl)c3C)CC2)ccc1Cl. The molecule has 0 spiro atoms. The molecule has 0 atom stereocenters. The first-order valence-corrected chi connectivity index (χ1v) is 11.3. The molecule has 0 unspecified atom stereocenters. The summed E-state index contributed by atoms with van der Waals surface area (Å²) < 4.78 is 7.05. The summed E-state index contributed by atoms with van der Waals surface area (Å²) in [6.45, 7) is 8.47. The number of amides is 1. The first kappa shape index (κ1) is 22.0. The van der Waals surface area contributed by atoms with Gasteiger partial charge in [0.2, 0.25) is 5.91 Å². The molecule has 168 valence electrons. The first-order valence-electron chi connectivity index (χ1n) is 10.5. The van der Waals surface area contributed by atoms with E-state index in [9.17, 15) is 4.79 Å². The fourth-order valence-corrected chi connectivity index (χ4v) is 4.48. The minimum atomic E-state index is 0.0578. The zero-order valence-corrected chi connectivity index (χ0v) is 19.4. The molecule has 3 heterocycles. The van der Waals surface area contributed by atoms with E-state index >= 15 is 0 Å². The van der Waals surface area contributed by atoms with Gasteiger partial charge in [0, 0.05) is 64.1 Å². The van der Waals surface area contributed by atoms with Crippen LogP contribution in [0.4, 0.5) is 11.5 Å². The van der Waals surface area contributed by atoms with Crippen molar-refractivity contribution < 1.29 is 9.53 Å². The third-order valence-electron chi connectivity index (χ3n) is 5.95. The molecule has 2 aliphatic heterocycles. The Balaban J connectivity index is 1.37. The molecule has 1 amide bonds. The van der Waals surface area contributed by atoms with Gasteiger partial charge in [-0.15, -0.1) is 0 Å². The topological polar surface area (TPSA) is 65.9 Å². The van der Waals surface area contributed by atoms with Crippen LogP contribution >= 0.6 is 23.2 Å². The number of halogens is 2. The number of nitrogens with zero attached hydrogens (tertiary/aromatic N) is 5. The lowest BCUT2D eigenvalue weighted by molar-refractivity contribution is -0.132. The van der Waals surface area contributed by atoms with Gasteiger partial charge in [0.15, 0.2) is 5.82 Å². The number of aromatic nitrogens is 2. The summed E-state index contributed by atoms with van der Waals surface area (Å²) in [5.41, 5.74) is 1.87. The normalized spacial score (nSPS) is 17.2. The molecule has 2 aromatic rings. The molecule has 2 fully saturated rings. The van der Waals surface area contributed by atoms with Gasteiger partial charge in [-0.3, -0.25) is 9.48 Å². The molecule has 1 N–H and O–H groups in total. The van der Waals surface area contributed by atoms with Crippen LogP contribution in [0.25, 0.3) is 0 Å². The smallest absolute Gasteiger partial charge is 0.244 e. The molecule has 1 aromatic carbocycles. The highest BCUT2D eigenvalue weighted by Crippen LogP contribution is 2.30. The van der Waals surface area contributed by atoms with Crippen molar-refractivity contribution in [2.75, 3.05) is 69.3 Å². The molecule has 0 bridgehead atoms. The second-order valence-electron chi connectivity index (χ2n) is 7.80. The molecular formula is C21H28Cl2N6O2. The highest BCUT2D eigenvalue weighted by Gasteiger charge is 2.25. The van der Waals surface area contributed by atoms with Crippen LogP contribution < -0.4 is 19.9 Å². The van der Waals surface area contributed by atoms with E-state index in [0.717, 1.165) is 56.5 Å². The summed E-state index contributed by atoms with van der Waals surface area (Å²) in [4.78, 5) is 19.2. The van der Waals surface area contributed by atoms with Crippen LogP contribution in [0.1, 0.15) is 5.69 Å². The molecular weight excluding hydrogens is 439 g/mol.